The fourth-order valence-electron chi connectivity index (χ4n) is 3.59. The molecule has 4 nitrogen and oxygen atoms in total. The van der Waals surface area contributed by atoms with Crippen LogP contribution >= 0.6 is 22.9 Å². The summed E-state index contributed by atoms with van der Waals surface area (Å²) in [6.45, 7) is -0.107. The van der Waals surface area contributed by atoms with Crippen LogP contribution < -0.4 is 0 Å². The molecule has 4 rings (SSSR count). The molecular weight excluding hydrogens is 413 g/mol. The van der Waals surface area contributed by atoms with Crippen molar-refractivity contribution < 1.29 is 19.3 Å². The molecule has 0 aliphatic carbocycles. The van der Waals surface area contributed by atoms with Crippen LogP contribution in [-0.2, 0) is 11.2 Å². The molecular formula is C22H21ClFNO3S. The van der Waals surface area contributed by atoms with Gasteiger partial charge in [-0.15, -0.1) is 11.3 Å². The van der Waals surface area contributed by atoms with Gasteiger partial charge in [-0.2, -0.15) is 4.39 Å². The van der Waals surface area contributed by atoms with E-state index in [9.17, 15) is 14.6 Å². The lowest BCUT2D eigenvalue weighted by Crippen LogP contribution is -2.33. The standard InChI is InChI=1S/C22H21ClFNO3S/c23-19-4-1-13(20-10-16(27)9-17(12-26)28-20)7-15(19)8-18-3-5-21(29-18)14-2-6-22(24)25-11-14/h1-7,11,16-17,20,26-27H,8-10,12H2/t16-,17-,20+/m0/s1. The minimum Gasteiger partial charge on any atom is -0.394 e. The summed E-state index contributed by atoms with van der Waals surface area (Å²) in [7, 11) is 0. The van der Waals surface area contributed by atoms with Crippen molar-refractivity contribution in [2.75, 3.05) is 6.61 Å². The Bertz CT molecular complexity index is 978. The first-order chi connectivity index (χ1) is 14.0. The highest BCUT2D eigenvalue weighted by Gasteiger charge is 2.29. The van der Waals surface area contributed by atoms with E-state index >= 15 is 0 Å². The summed E-state index contributed by atoms with van der Waals surface area (Å²) in [6, 6.07) is 12.9. The Balaban J connectivity index is 1.53. The lowest BCUT2D eigenvalue weighted by molar-refractivity contribution is -0.113. The predicted octanol–water partition coefficient (Wildman–Crippen LogP) is 4.77. The Morgan fingerprint density at radius 1 is 1.17 bits per heavy atom. The van der Waals surface area contributed by atoms with Crippen LogP contribution in [0.25, 0.3) is 10.4 Å². The molecule has 1 aromatic carbocycles. The zero-order valence-corrected chi connectivity index (χ0v) is 17.2. The van der Waals surface area contributed by atoms with Crippen LogP contribution in [0.5, 0.6) is 0 Å². The summed E-state index contributed by atoms with van der Waals surface area (Å²) >= 11 is 8.05. The van der Waals surface area contributed by atoms with Crippen molar-refractivity contribution in [1.82, 2.24) is 4.98 Å². The molecule has 1 aliphatic rings. The first kappa shape index (κ1) is 20.4. The number of hydrogen-bond donors (Lipinski definition) is 2. The van der Waals surface area contributed by atoms with Crippen LogP contribution in [0.4, 0.5) is 4.39 Å². The van der Waals surface area contributed by atoms with Crippen LogP contribution in [0.15, 0.2) is 48.7 Å². The molecule has 2 N–H and O–H groups in total. The Kier molecular flexibility index (Phi) is 6.27. The third-order valence-corrected chi connectivity index (χ3v) is 6.56. The second kappa shape index (κ2) is 8.90. The van der Waals surface area contributed by atoms with E-state index in [1.165, 1.54) is 12.3 Å². The number of hydrogen-bond acceptors (Lipinski definition) is 5. The van der Waals surface area contributed by atoms with E-state index in [1.807, 2.05) is 30.3 Å². The molecule has 0 saturated carbocycles. The first-order valence-electron chi connectivity index (χ1n) is 9.45. The lowest BCUT2D eigenvalue weighted by Gasteiger charge is -2.32. The van der Waals surface area contributed by atoms with E-state index in [1.54, 1.807) is 17.4 Å². The van der Waals surface area contributed by atoms with Gasteiger partial charge in [0.15, 0.2) is 0 Å². The highest BCUT2D eigenvalue weighted by Crippen LogP contribution is 2.35. The van der Waals surface area contributed by atoms with Gasteiger partial charge in [-0.25, -0.2) is 4.98 Å². The van der Waals surface area contributed by atoms with E-state index in [0.717, 1.165) is 26.4 Å². The monoisotopic (exact) mass is 433 g/mol. The number of ether oxygens (including phenoxy) is 1. The molecule has 0 spiro atoms. The average Bonchev–Trinajstić information content (AvgIpc) is 3.18. The zero-order chi connectivity index (χ0) is 20.4. The molecule has 0 unspecified atom stereocenters. The Morgan fingerprint density at radius 3 is 2.79 bits per heavy atom. The average molecular weight is 434 g/mol. The highest BCUT2D eigenvalue weighted by atomic mass is 35.5. The number of halogens is 2. The number of rotatable bonds is 5. The van der Waals surface area contributed by atoms with Crippen molar-refractivity contribution in [2.24, 2.45) is 0 Å². The number of benzene rings is 1. The lowest BCUT2D eigenvalue weighted by atomic mass is 9.94. The van der Waals surface area contributed by atoms with Gasteiger partial charge in [0.1, 0.15) is 0 Å². The van der Waals surface area contributed by atoms with Crippen molar-refractivity contribution in [2.45, 2.75) is 37.6 Å². The number of aliphatic hydroxyl groups is 2. The summed E-state index contributed by atoms with van der Waals surface area (Å²) in [4.78, 5) is 5.86. The maximum atomic E-state index is 13.0. The molecule has 3 atom stereocenters. The minimum absolute atomic E-state index is 0.107. The van der Waals surface area contributed by atoms with Crippen molar-refractivity contribution >= 4 is 22.9 Å². The van der Waals surface area contributed by atoms with Gasteiger partial charge in [-0.1, -0.05) is 23.7 Å². The quantitative estimate of drug-likeness (QED) is 0.569. The molecule has 1 fully saturated rings. The summed E-state index contributed by atoms with van der Waals surface area (Å²) < 4.78 is 19.0. The molecule has 3 heterocycles. The van der Waals surface area contributed by atoms with Crippen LogP contribution in [0.1, 0.15) is 34.9 Å². The third-order valence-electron chi connectivity index (χ3n) is 5.06. The molecule has 2 aromatic heterocycles. The van der Waals surface area contributed by atoms with Gasteiger partial charge < -0.3 is 14.9 Å². The predicted molar refractivity (Wildman–Crippen MR) is 112 cm³/mol. The third kappa shape index (κ3) is 4.85. The molecule has 3 aromatic rings. The molecule has 29 heavy (non-hydrogen) atoms. The van der Waals surface area contributed by atoms with Crippen LogP contribution in [-0.4, -0.2) is 34.0 Å². The van der Waals surface area contributed by atoms with Gasteiger partial charge in [-0.3, -0.25) is 0 Å². The Labute approximate surface area is 177 Å². The fraction of sp³-hybridized carbons (Fsp3) is 0.318. The van der Waals surface area contributed by atoms with Crippen LogP contribution in [0.3, 0.4) is 0 Å². The van der Waals surface area contributed by atoms with Gasteiger partial charge >= 0.3 is 0 Å². The number of aromatic nitrogens is 1. The number of thiophene rings is 1. The summed E-state index contributed by atoms with van der Waals surface area (Å²) in [5.41, 5.74) is 2.79. The van der Waals surface area contributed by atoms with E-state index in [2.05, 4.69) is 4.98 Å². The van der Waals surface area contributed by atoms with Gasteiger partial charge in [-0.05, 0) is 41.5 Å². The second-order valence-corrected chi connectivity index (χ2v) is 8.79. The molecule has 152 valence electrons. The zero-order valence-electron chi connectivity index (χ0n) is 15.6. The molecule has 1 aliphatic heterocycles. The number of aliphatic hydroxyl groups excluding tert-OH is 2. The van der Waals surface area contributed by atoms with Crippen molar-refractivity contribution in [3.8, 4) is 10.4 Å². The molecule has 1 saturated heterocycles. The van der Waals surface area contributed by atoms with Crippen LogP contribution in [0.2, 0.25) is 5.02 Å². The second-order valence-electron chi connectivity index (χ2n) is 7.22. The Morgan fingerprint density at radius 2 is 2.03 bits per heavy atom. The molecule has 0 radical (unpaired) electrons. The van der Waals surface area contributed by atoms with E-state index in [4.69, 9.17) is 16.3 Å². The minimum atomic E-state index is -0.493. The van der Waals surface area contributed by atoms with Crippen LogP contribution in [0, 0.1) is 5.95 Å². The number of nitrogens with zero attached hydrogens (tertiary/aromatic N) is 1. The maximum absolute atomic E-state index is 13.0. The van der Waals surface area contributed by atoms with Gasteiger partial charge in [0.2, 0.25) is 5.95 Å². The van der Waals surface area contributed by atoms with E-state index in [-0.39, 0.29) is 18.8 Å². The number of pyridine rings is 1. The fourth-order valence-corrected chi connectivity index (χ4v) is 4.80. The normalized spacial score (nSPS) is 22.0. The topological polar surface area (TPSA) is 62.6 Å². The van der Waals surface area contributed by atoms with E-state index in [0.29, 0.717) is 24.3 Å². The van der Waals surface area contributed by atoms with Gasteiger partial charge in [0.25, 0.3) is 0 Å². The molecule has 0 amide bonds. The molecule has 0 bridgehead atoms. The largest absolute Gasteiger partial charge is 0.394 e. The highest BCUT2D eigenvalue weighted by molar-refractivity contribution is 7.15. The van der Waals surface area contributed by atoms with Crippen molar-refractivity contribution in [1.29, 1.82) is 0 Å². The van der Waals surface area contributed by atoms with Gasteiger partial charge in [0.05, 0.1) is 24.9 Å². The Hall–Kier alpha value is -1.83. The summed E-state index contributed by atoms with van der Waals surface area (Å²) in [5.74, 6) is -0.493. The van der Waals surface area contributed by atoms with Crippen molar-refractivity contribution in [3.05, 3.63) is 75.6 Å². The van der Waals surface area contributed by atoms with Crippen molar-refractivity contribution in [3.63, 3.8) is 0 Å². The smallest absolute Gasteiger partial charge is 0.212 e. The van der Waals surface area contributed by atoms with Gasteiger partial charge in [0, 0.05) is 45.8 Å². The first-order valence-corrected chi connectivity index (χ1v) is 10.6. The summed E-state index contributed by atoms with van der Waals surface area (Å²) in [6.07, 6.45) is 2.02. The summed E-state index contributed by atoms with van der Waals surface area (Å²) in [5, 5.41) is 20.2. The van der Waals surface area contributed by atoms with E-state index < -0.39 is 12.1 Å². The maximum Gasteiger partial charge on any atom is 0.212 e. The SMILES string of the molecule is OC[C@@H]1C[C@H](O)C[C@H](c2ccc(Cl)c(Cc3ccc(-c4ccc(F)nc4)s3)c2)O1. The molecule has 7 heteroatoms.